The molecular formula is C8H15ClN2O3. The van der Waals surface area contributed by atoms with Gasteiger partial charge in [0, 0.05) is 0 Å². The van der Waals surface area contributed by atoms with E-state index in [1.165, 1.54) is 0 Å². The van der Waals surface area contributed by atoms with Crippen molar-refractivity contribution in [1.29, 1.82) is 0 Å². The Labute approximate surface area is 88.7 Å². The van der Waals surface area contributed by atoms with Crippen LogP contribution in [0.25, 0.3) is 0 Å². The predicted molar refractivity (Wildman–Crippen MR) is 53.8 cm³/mol. The summed E-state index contributed by atoms with van der Waals surface area (Å²) < 4.78 is 0. The molecule has 0 amide bonds. The molecule has 2 atom stereocenters. The van der Waals surface area contributed by atoms with Crippen molar-refractivity contribution in [3.8, 4) is 0 Å². The second-order valence-electron chi connectivity index (χ2n) is 3.36. The Kier molecular flexibility index (Phi) is 4.38. The average Bonchev–Trinajstić information content (AvgIpc) is 2.47. The minimum atomic E-state index is -0.867. The molecule has 14 heavy (non-hydrogen) atoms. The number of rotatable bonds is 3. The summed E-state index contributed by atoms with van der Waals surface area (Å²) in [7, 11) is 0. The fraction of sp³-hybridized carbons (Fsp3) is 0.625. The molecule has 0 spiro atoms. The topological polar surface area (TPSA) is 84.6 Å². The van der Waals surface area contributed by atoms with Crippen LogP contribution < -0.4 is 11.2 Å². The van der Waals surface area contributed by atoms with Crippen LogP contribution in [0.1, 0.15) is 13.8 Å². The second-order valence-corrected chi connectivity index (χ2v) is 3.36. The molecule has 1 aliphatic rings. The molecule has 0 aromatic heterocycles. The van der Waals surface area contributed by atoms with Crippen LogP contribution in [0.3, 0.4) is 0 Å². The van der Waals surface area contributed by atoms with Crippen molar-refractivity contribution in [2.45, 2.75) is 19.4 Å². The van der Waals surface area contributed by atoms with Crippen LogP contribution in [-0.2, 0) is 9.63 Å². The number of hydroxylamine groups is 1. The van der Waals surface area contributed by atoms with Crippen molar-refractivity contribution in [2.75, 3.05) is 6.54 Å². The van der Waals surface area contributed by atoms with Crippen molar-refractivity contribution in [1.82, 2.24) is 5.48 Å². The summed E-state index contributed by atoms with van der Waals surface area (Å²) in [6.45, 7) is 3.65. The highest BCUT2D eigenvalue weighted by Crippen LogP contribution is 2.25. The van der Waals surface area contributed by atoms with Gasteiger partial charge in [-0.15, -0.1) is 17.9 Å². The molecule has 82 valence electrons. The number of hydrogen-bond acceptors (Lipinski definition) is 4. The number of hydrogen-bond donors (Lipinski definition) is 3. The van der Waals surface area contributed by atoms with Crippen LogP contribution in [0.5, 0.6) is 0 Å². The number of carboxylic acids is 1. The first-order valence-corrected chi connectivity index (χ1v) is 4.08. The molecule has 4 N–H and O–H groups in total. The summed E-state index contributed by atoms with van der Waals surface area (Å²) in [5.74, 6) is -0.847. The van der Waals surface area contributed by atoms with Gasteiger partial charge in [0.1, 0.15) is 5.76 Å². The largest absolute Gasteiger partial charge is 0.481 e. The molecule has 1 aliphatic heterocycles. The highest BCUT2D eigenvalue weighted by molar-refractivity contribution is 5.85. The summed E-state index contributed by atoms with van der Waals surface area (Å²) in [5.41, 5.74) is 7.35. The smallest absolute Gasteiger partial charge is 0.308 e. The third kappa shape index (κ3) is 2.37. The van der Waals surface area contributed by atoms with Crippen LogP contribution in [0.2, 0.25) is 0 Å². The maximum Gasteiger partial charge on any atom is 0.308 e. The molecule has 1 heterocycles. The van der Waals surface area contributed by atoms with E-state index in [-0.39, 0.29) is 19.0 Å². The molecule has 0 radical (unpaired) electrons. The highest BCUT2D eigenvalue weighted by Gasteiger charge is 2.39. The zero-order chi connectivity index (χ0) is 10.1. The summed E-state index contributed by atoms with van der Waals surface area (Å²) >= 11 is 0. The molecule has 0 fully saturated rings. The molecule has 2 unspecified atom stereocenters. The van der Waals surface area contributed by atoms with Crippen LogP contribution in [0.4, 0.5) is 0 Å². The van der Waals surface area contributed by atoms with Crippen LogP contribution in [-0.4, -0.2) is 23.2 Å². The summed E-state index contributed by atoms with van der Waals surface area (Å²) in [4.78, 5) is 15.7. The summed E-state index contributed by atoms with van der Waals surface area (Å²) in [5, 5.41) is 8.81. The van der Waals surface area contributed by atoms with E-state index in [9.17, 15) is 4.79 Å². The molecule has 0 aromatic carbocycles. The van der Waals surface area contributed by atoms with Crippen LogP contribution in [0.15, 0.2) is 11.8 Å². The monoisotopic (exact) mass is 222 g/mol. The number of carbonyl (C=O) groups is 1. The molecule has 1 rings (SSSR count). The average molecular weight is 223 g/mol. The van der Waals surface area contributed by atoms with E-state index >= 15 is 0 Å². The van der Waals surface area contributed by atoms with Gasteiger partial charge in [0.25, 0.3) is 0 Å². The number of halogens is 1. The predicted octanol–water partition coefficient (Wildman–Crippen LogP) is 0.265. The van der Waals surface area contributed by atoms with E-state index in [4.69, 9.17) is 15.7 Å². The first kappa shape index (κ1) is 13.2. The van der Waals surface area contributed by atoms with Gasteiger partial charge in [-0.2, -0.15) is 0 Å². The minimum Gasteiger partial charge on any atom is -0.481 e. The van der Waals surface area contributed by atoms with Crippen LogP contribution in [0, 0.1) is 5.92 Å². The Morgan fingerprint density at radius 3 is 2.79 bits per heavy atom. The lowest BCUT2D eigenvalue weighted by molar-refractivity contribution is -0.144. The Hall–Kier alpha value is -0.780. The molecular weight excluding hydrogens is 208 g/mol. The molecule has 0 saturated heterocycles. The normalized spacial score (nSPS) is 27.2. The molecule has 5 nitrogen and oxygen atoms in total. The Morgan fingerprint density at radius 2 is 2.43 bits per heavy atom. The zero-order valence-corrected chi connectivity index (χ0v) is 8.93. The number of nitrogens with two attached hydrogens (primary N) is 1. The lowest BCUT2D eigenvalue weighted by Crippen LogP contribution is -2.45. The number of carboxylic acid groups (broad SMARTS) is 1. The van der Waals surface area contributed by atoms with Gasteiger partial charge < -0.3 is 15.7 Å². The summed E-state index contributed by atoms with van der Waals surface area (Å²) in [6.07, 6.45) is 1.71. The fourth-order valence-corrected chi connectivity index (χ4v) is 1.14. The lowest BCUT2D eigenvalue weighted by atomic mass is 9.88. The van der Waals surface area contributed by atoms with Crippen molar-refractivity contribution in [2.24, 2.45) is 11.7 Å². The Balaban J connectivity index is 0.00000169. The zero-order valence-electron chi connectivity index (χ0n) is 8.11. The van der Waals surface area contributed by atoms with E-state index in [0.29, 0.717) is 5.76 Å². The van der Waals surface area contributed by atoms with Crippen LogP contribution >= 0.6 is 12.4 Å². The molecule has 6 heteroatoms. The lowest BCUT2D eigenvalue weighted by Gasteiger charge is -2.24. The minimum absolute atomic E-state index is 0. The van der Waals surface area contributed by atoms with Gasteiger partial charge in [0.2, 0.25) is 0 Å². The maximum absolute atomic E-state index is 10.7. The van der Waals surface area contributed by atoms with E-state index < -0.39 is 17.4 Å². The second kappa shape index (κ2) is 4.63. The Morgan fingerprint density at radius 1 is 1.86 bits per heavy atom. The highest BCUT2D eigenvalue weighted by atomic mass is 35.5. The SMILES string of the molecule is CC(C(=O)O)C1(C)C=C(CN)ON1.Cl. The molecule has 0 saturated carbocycles. The fourth-order valence-electron chi connectivity index (χ4n) is 1.14. The van der Waals surface area contributed by atoms with Gasteiger partial charge in [-0.1, -0.05) is 0 Å². The van der Waals surface area contributed by atoms with Gasteiger partial charge in [-0.25, -0.2) is 0 Å². The van der Waals surface area contributed by atoms with Gasteiger partial charge >= 0.3 is 5.97 Å². The van der Waals surface area contributed by atoms with Crippen molar-refractivity contribution in [3.63, 3.8) is 0 Å². The Bertz CT molecular complexity index is 257. The number of aliphatic carboxylic acids is 1. The van der Waals surface area contributed by atoms with E-state index in [2.05, 4.69) is 5.48 Å². The molecule has 0 bridgehead atoms. The van der Waals surface area contributed by atoms with Gasteiger partial charge in [0.15, 0.2) is 0 Å². The maximum atomic E-state index is 10.7. The number of nitrogens with one attached hydrogen (secondary N) is 1. The van der Waals surface area contributed by atoms with Gasteiger partial charge in [-0.3, -0.25) is 4.79 Å². The van der Waals surface area contributed by atoms with Crippen molar-refractivity contribution >= 4 is 18.4 Å². The third-order valence-electron chi connectivity index (χ3n) is 2.33. The summed E-state index contributed by atoms with van der Waals surface area (Å²) in [6, 6.07) is 0. The van der Waals surface area contributed by atoms with E-state index in [1.54, 1.807) is 19.9 Å². The molecule has 0 aliphatic carbocycles. The quantitative estimate of drug-likeness (QED) is 0.638. The standard InChI is InChI=1S/C8H14N2O3.ClH/c1-5(7(11)12)8(2)3-6(4-9)13-10-8;/h3,5,10H,4,9H2,1-2H3,(H,11,12);1H. The van der Waals surface area contributed by atoms with Gasteiger partial charge in [-0.05, 0) is 19.9 Å². The van der Waals surface area contributed by atoms with E-state index in [0.717, 1.165) is 0 Å². The van der Waals surface area contributed by atoms with E-state index in [1.807, 2.05) is 0 Å². The van der Waals surface area contributed by atoms with Crippen molar-refractivity contribution < 1.29 is 14.7 Å². The van der Waals surface area contributed by atoms with Crippen molar-refractivity contribution in [3.05, 3.63) is 11.8 Å². The third-order valence-corrected chi connectivity index (χ3v) is 2.33. The molecule has 0 aromatic rings. The van der Waals surface area contributed by atoms with Gasteiger partial charge in [0.05, 0.1) is 18.0 Å². The first-order chi connectivity index (χ1) is 5.99. The first-order valence-electron chi connectivity index (χ1n) is 4.08.